The van der Waals surface area contributed by atoms with Gasteiger partial charge >= 0.3 is 0 Å². The predicted octanol–water partition coefficient (Wildman–Crippen LogP) is 8.71. The molecule has 6 heterocycles. The number of hydrogen-bond donors (Lipinski definition) is 4. The zero-order valence-corrected chi connectivity index (χ0v) is 44.3. The quantitative estimate of drug-likeness (QED) is 0.0570. The normalized spacial score (nSPS) is 24.9. The monoisotopic (exact) mass is 1060 g/mol. The van der Waals surface area contributed by atoms with E-state index in [1.165, 1.54) is 54.8 Å². The molecule has 4 N–H and O–H groups in total. The number of likely N-dealkylation sites (tertiary alicyclic amines) is 1. The number of ether oxygens (including phenoxy) is 4. The zero-order valence-electron chi connectivity index (χ0n) is 43.5. The van der Waals surface area contributed by atoms with Gasteiger partial charge in [0.25, 0.3) is 27.5 Å². The second-order valence-corrected chi connectivity index (χ2v) is 24.3. The number of morpholine rings is 1. The number of nitro groups is 1. The van der Waals surface area contributed by atoms with E-state index in [2.05, 4.69) is 72.8 Å². The molecule has 2 aliphatic carbocycles. The number of rotatable bonds is 15. The van der Waals surface area contributed by atoms with Crippen LogP contribution in [-0.2, 0) is 14.8 Å². The molecule has 20 heteroatoms. The lowest BCUT2D eigenvalue weighted by atomic mass is 9.70. The summed E-state index contributed by atoms with van der Waals surface area (Å²) in [5.41, 5.74) is 2.68. The minimum Gasteiger partial charge on any atom is -0.489 e. The maximum Gasteiger partial charge on any atom is 0.297 e. The SMILES string of the molecule is CC(C)c1ccccc1[C@H]1CCC[C@H]1N1CC2(CCN(c3ccc(C(=O)NS(=O)(=O)c4cc5c(c([N+](=O)[O-])c4)N[C@@H]([C@H]4CC[C@](C)(O)CC4)CO5)c(Oc4cc5c(F)c[nH]c5nc4OCCN4CCOCC4)c3)CC2)C1. The zero-order chi connectivity index (χ0) is 52.9. The van der Waals surface area contributed by atoms with Crippen molar-refractivity contribution in [3.05, 3.63) is 99.5 Å². The molecule has 0 radical (unpaired) electrons. The summed E-state index contributed by atoms with van der Waals surface area (Å²) in [6.07, 6.45) is 9.28. The van der Waals surface area contributed by atoms with Gasteiger partial charge in [-0.1, -0.05) is 44.5 Å². The van der Waals surface area contributed by atoms with Gasteiger partial charge in [0.05, 0.1) is 45.6 Å². The molecule has 1 spiro atoms. The lowest BCUT2D eigenvalue weighted by Crippen LogP contribution is -2.63. The number of benzene rings is 3. The van der Waals surface area contributed by atoms with Crippen molar-refractivity contribution in [2.24, 2.45) is 11.3 Å². The van der Waals surface area contributed by atoms with Crippen molar-refractivity contribution >= 4 is 44.0 Å². The van der Waals surface area contributed by atoms with Crippen LogP contribution < -0.4 is 29.1 Å². The highest BCUT2D eigenvalue weighted by atomic mass is 32.2. The highest BCUT2D eigenvalue weighted by Crippen LogP contribution is 2.50. The van der Waals surface area contributed by atoms with E-state index < -0.39 is 42.9 Å². The number of aromatic nitrogens is 2. The molecule has 3 saturated heterocycles. The molecular formula is C56H69FN8O10S. The van der Waals surface area contributed by atoms with Crippen LogP contribution in [-0.4, -0.2) is 134 Å². The molecule has 3 aromatic carbocycles. The highest BCUT2D eigenvalue weighted by Gasteiger charge is 2.50. The van der Waals surface area contributed by atoms with E-state index >= 15 is 4.39 Å². The van der Waals surface area contributed by atoms with E-state index in [9.17, 15) is 28.4 Å². The first-order valence-corrected chi connectivity index (χ1v) is 28.5. The van der Waals surface area contributed by atoms with Crippen LogP contribution in [0.1, 0.15) is 112 Å². The fourth-order valence-corrected chi connectivity index (χ4v) is 13.8. The summed E-state index contributed by atoms with van der Waals surface area (Å²) < 4.78 is 70.1. The summed E-state index contributed by atoms with van der Waals surface area (Å²) in [5, 5.41) is 26.4. The van der Waals surface area contributed by atoms with Gasteiger partial charge < -0.3 is 39.3 Å². The molecule has 6 aliphatic rings. The van der Waals surface area contributed by atoms with E-state index in [4.69, 9.17) is 18.9 Å². The minimum atomic E-state index is -4.78. The number of sulfonamides is 1. The largest absolute Gasteiger partial charge is 0.489 e. The number of carbonyl (C=O) groups is 1. The Hall–Kier alpha value is -6.06. The first-order valence-electron chi connectivity index (χ1n) is 27.0. The van der Waals surface area contributed by atoms with Gasteiger partial charge in [-0.3, -0.25) is 24.7 Å². The fourth-order valence-electron chi connectivity index (χ4n) is 12.8. The Kier molecular flexibility index (Phi) is 14.4. The molecule has 406 valence electrons. The summed E-state index contributed by atoms with van der Waals surface area (Å²) >= 11 is 0. The van der Waals surface area contributed by atoms with Crippen LogP contribution in [0.15, 0.2) is 71.8 Å². The van der Waals surface area contributed by atoms with E-state index in [-0.39, 0.29) is 76.0 Å². The van der Waals surface area contributed by atoms with Gasteiger partial charge in [0.2, 0.25) is 0 Å². The van der Waals surface area contributed by atoms with Crippen molar-refractivity contribution in [1.82, 2.24) is 24.5 Å². The molecule has 5 fully saturated rings. The molecule has 0 bridgehead atoms. The third-order valence-electron chi connectivity index (χ3n) is 17.2. The van der Waals surface area contributed by atoms with Gasteiger partial charge in [-0.05, 0) is 105 Å². The standard InChI is InChI=1S/C56H69FN8O10S/c1-35(2)39-7-4-5-8-40(39)41-9-6-10-46(41)64-33-56(34-64)17-19-63(20-18-56)37-11-12-42(48(27-37)75-50-30-43-44(57)31-58-52(43)60-54(50)73-26-23-62-21-24-72-25-22-62)53(66)61-76(70,71)38-28-47(65(68)69)51-49(29-38)74-32-45(59-51)36-13-15-55(3,67)16-14-36/h4-5,7-8,11-12,27-31,35-36,41,45-46,59,67H,6,9-10,13-26,32-34H2,1-3H3,(H,58,60)(H,61,66)/t36-,41-,45-,46-,55-/m1/s1. The number of anilines is 2. The summed E-state index contributed by atoms with van der Waals surface area (Å²) in [6.45, 7) is 13.5. The molecule has 5 aromatic rings. The van der Waals surface area contributed by atoms with Crippen LogP contribution in [0.3, 0.4) is 0 Å². The first kappa shape index (κ1) is 52.0. The number of hydrogen-bond acceptors (Lipinski definition) is 15. The maximum atomic E-state index is 15.2. The van der Waals surface area contributed by atoms with Gasteiger partial charge in [-0.25, -0.2) is 17.5 Å². The van der Waals surface area contributed by atoms with E-state index in [1.807, 2.05) is 0 Å². The third-order valence-corrected chi connectivity index (χ3v) is 18.5. The van der Waals surface area contributed by atoms with Gasteiger partial charge in [-0.2, -0.15) is 4.98 Å². The summed E-state index contributed by atoms with van der Waals surface area (Å²) in [4.78, 5) is 40.3. The number of amides is 1. The van der Waals surface area contributed by atoms with E-state index in [0.717, 1.165) is 63.9 Å². The third kappa shape index (κ3) is 10.7. The summed E-state index contributed by atoms with van der Waals surface area (Å²) in [7, 11) is -4.78. The van der Waals surface area contributed by atoms with E-state index in [1.54, 1.807) is 19.1 Å². The Morgan fingerprint density at radius 3 is 2.51 bits per heavy atom. The number of aromatic amines is 1. The average molecular weight is 1070 g/mol. The number of halogens is 1. The Bertz CT molecular complexity index is 3080. The lowest BCUT2D eigenvalue weighted by molar-refractivity contribution is -0.384. The van der Waals surface area contributed by atoms with Crippen LogP contribution in [0, 0.1) is 27.3 Å². The van der Waals surface area contributed by atoms with Crippen LogP contribution in [0.5, 0.6) is 23.1 Å². The highest BCUT2D eigenvalue weighted by molar-refractivity contribution is 7.90. The van der Waals surface area contributed by atoms with Crippen molar-refractivity contribution in [2.45, 2.75) is 113 Å². The second-order valence-electron chi connectivity index (χ2n) is 22.6. The lowest BCUT2D eigenvalue weighted by Gasteiger charge is -2.57. The van der Waals surface area contributed by atoms with Gasteiger partial charge in [-0.15, -0.1) is 0 Å². The molecule has 11 rings (SSSR count). The Morgan fingerprint density at radius 1 is 1.00 bits per heavy atom. The maximum absolute atomic E-state index is 15.2. The molecular weight excluding hydrogens is 996 g/mol. The number of carbonyl (C=O) groups excluding carboxylic acids is 1. The number of nitrogens with zero attached hydrogens (tertiary/aromatic N) is 5. The number of aliphatic hydroxyl groups is 1. The molecule has 2 aromatic heterocycles. The smallest absolute Gasteiger partial charge is 0.297 e. The summed E-state index contributed by atoms with van der Waals surface area (Å²) in [6, 6.07) is 17.6. The number of nitrogens with one attached hydrogen (secondary N) is 3. The minimum absolute atomic E-state index is 0.00213. The van der Waals surface area contributed by atoms with Gasteiger partial charge in [0.1, 0.15) is 30.4 Å². The van der Waals surface area contributed by atoms with Crippen molar-refractivity contribution in [2.75, 3.05) is 82.5 Å². The van der Waals surface area contributed by atoms with Crippen LogP contribution in [0.2, 0.25) is 0 Å². The van der Waals surface area contributed by atoms with Crippen molar-refractivity contribution in [1.29, 1.82) is 0 Å². The molecule has 18 nitrogen and oxygen atoms in total. The van der Waals surface area contributed by atoms with Crippen molar-refractivity contribution in [3.8, 4) is 23.1 Å². The Balaban J connectivity index is 0.848. The first-order chi connectivity index (χ1) is 36.5. The number of nitro benzene ring substituents is 1. The molecule has 76 heavy (non-hydrogen) atoms. The molecule has 4 aliphatic heterocycles. The number of pyridine rings is 1. The molecule has 1 amide bonds. The Morgan fingerprint density at radius 2 is 1.76 bits per heavy atom. The van der Waals surface area contributed by atoms with E-state index in [0.29, 0.717) is 63.3 Å². The molecule has 3 atom stereocenters. The fraction of sp³-hybridized carbons (Fsp3) is 0.536. The van der Waals surface area contributed by atoms with Crippen LogP contribution in [0.4, 0.5) is 21.5 Å². The predicted molar refractivity (Wildman–Crippen MR) is 285 cm³/mol. The molecule has 0 unspecified atom stereocenters. The second kappa shape index (κ2) is 21.1. The average Bonchev–Trinajstić information content (AvgIpc) is 4.07. The molecule has 2 saturated carbocycles. The number of H-pyrrole nitrogens is 1. The van der Waals surface area contributed by atoms with Crippen molar-refractivity contribution < 1.29 is 46.6 Å². The number of fused-ring (bicyclic) bond motifs is 2. The Labute approximate surface area is 442 Å². The van der Waals surface area contributed by atoms with Crippen LogP contribution in [0.25, 0.3) is 11.0 Å². The van der Waals surface area contributed by atoms with Crippen molar-refractivity contribution in [3.63, 3.8) is 0 Å². The van der Waals surface area contributed by atoms with Gasteiger partial charge in [0.15, 0.2) is 17.2 Å². The number of piperidine rings is 1. The topological polar surface area (TPSA) is 214 Å². The van der Waals surface area contributed by atoms with Crippen LogP contribution >= 0.6 is 0 Å². The van der Waals surface area contributed by atoms with Gasteiger partial charge in [0, 0.05) is 88.0 Å². The summed E-state index contributed by atoms with van der Waals surface area (Å²) in [5.74, 6) is -0.617.